The second-order valence-corrected chi connectivity index (χ2v) is 2.54. The lowest BCUT2D eigenvalue weighted by Crippen LogP contribution is -2.10. The molecule has 0 bridgehead atoms. The van der Waals surface area contributed by atoms with E-state index in [2.05, 4.69) is 18.6 Å². The molecule has 16 heavy (non-hydrogen) atoms. The highest BCUT2D eigenvalue weighted by Crippen LogP contribution is 2.05. The van der Waals surface area contributed by atoms with Crippen molar-refractivity contribution in [2.45, 2.75) is 6.92 Å². The summed E-state index contributed by atoms with van der Waals surface area (Å²) < 4.78 is 24.4. The van der Waals surface area contributed by atoms with Gasteiger partial charge in [0, 0.05) is 6.07 Å². The Hall–Kier alpha value is -1.93. The predicted octanol–water partition coefficient (Wildman–Crippen LogP) is 1.55. The Kier molecular flexibility index (Phi) is 9.92. The normalized spacial score (nSPS) is 7.88. The smallest absolute Gasteiger partial charge is 0.317 e. The van der Waals surface area contributed by atoms with Gasteiger partial charge in [0.2, 0.25) is 0 Å². The van der Waals surface area contributed by atoms with E-state index in [-0.39, 0.29) is 6.54 Å². The van der Waals surface area contributed by atoms with Gasteiger partial charge < -0.3 is 10.8 Å². The van der Waals surface area contributed by atoms with E-state index in [1.165, 1.54) is 12.1 Å². The van der Waals surface area contributed by atoms with Gasteiger partial charge in [-0.25, -0.2) is 8.78 Å². The van der Waals surface area contributed by atoms with Gasteiger partial charge in [-0.1, -0.05) is 0 Å². The summed E-state index contributed by atoms with van der Waals surface area (Å²) in [7, 11) is 0. The van der Waals surface area contributed by atoms with Crippen LogP contribution in [0, 0.1) is 31.4 Å². The third kappa shape index (κ3) is 10.2. The molecule has 0 saturated heterocycles. The SMILES string of the molecule is C#C.Cc1cc(F)cc(F)c1.NCC(=O)O. The van der Waals surface area contributed by atoms with Crippen LogP contribution >= 0.6 is 0 Å². The van der Waals surface area contributed by atoms with E-state index in [1.807, 2.05) is 0 Å². The van der Waals surface area contributed by atoms with Gasteiger partial charge in [0.1, 0.15) is 11.6 Å². The highest BCUT2D eigenvalue weighted by atomic mass is 19.1. The zero-order chi connectivity index (χ0) is 13.1. The molecule has 88 valence electrons. The number of hydrogen-bond donors (Lipinski definition) is 2. The molecule has 0 heterocycles. The average Bonchev–Trinajstić information content (AvgIpc) is 2.19. The van der Waals surface area contributed by atoms with E-state index in [9.17, 15) is 13.6 Å². The van der Waals surface area contributed by atoms with E-state index in [1.54, 1.807) is 6.92 Å². The first-order chi connectivity index (χ1) is 7.45. The van der Waals surface area contributed by atoms with Crippen molar-refractivity contribution in [3.05, 3.63) is 35.4 Å². The van der Waals surface area contributed by atoms with E-state index >= 15 is 0 Å². The number of aliphatic carboxylic acids is 1. The van der Waals surface area contributed by atoms with Gasteiger partial charge in [-0.2, -0.15) is 0 Å². The van der Waals surface area contributed by atoms with Crippen LogP contribution in [0.15, 0.2) is 18.2 Å². The van der Waals surface area contributed by atoms with Crippen molar-refractivity contribution in [1.29, 1.82) is 0 Å². The van der Waals surface area contributed by atoms with Crippen LogP contribution in [-0.2, 0) is 4.79 Å². The lowest BCUT2D eigenvalue weighted by Gasteiger charge is -1.91. The van der Waals surface area contributed by atoms with Gasteiger partial charge in [-0.3, -0.25) is 4.79 Å². The third-order valence-corrected chi connectivity index (χ3v) is 1.18. The Labute approximate surface area is 92.9 Å². The summed E-state index contributed by atoms with van der Waals surface area (Å²) in [6.07, 6.45) is 8.00. The monoisotopic (exact) mass is 229 g/mol. The molecule has 0 spiro atoms. The molecule has 1 aromatic rings. The van der Waals surface area contributed by atoms with Crippen molar-refractivity contribution in [3.63, 3.8) is 0 Å². The summed E-state index contributed by atoms with van der Waals surface area (Å²) >= 11 is 0. The summed E-state index contributed by atoms with van der Waals surface area (Å²) in [5.41, 5.74) is 5.18. The van der Waals surface area contributed by atoms with Crippen LogP contribution in [0.3, 0.4) is 0 Å². The van der Waals surface area contributed by atoms with Crippen molar-refractivity contribution in [2.75, 3.05) is 6.54 Å². The topological polar surface area (TPSA) is 63.3 Å². The number of terminal acetylenes is 1. The number of nitrogens with two attached hydrogens (primary N) is 1. The van der Waals surface area contributed by atoms with Crippen LogP contribution in [-0.4, -0.2) is 17.6 Å². The maximum atomic E-state index is 12.2. The zero-order valence-electron chi connectivity index (χ0n) is 8.78. The number of carbonyl (C=O) groups is 1. The number of benzene rings is 1. The number of aryl methyl sites for hydroxylation is 1. The third-order valence-electron chi connectivity index (χ3n) is 1.18. The molecule has 3 nitrogen and oxygen atoms in total. The van der Waals surface area contributed by atoms with E-state index in [4.69, 9.17) is 5.11 Å². The van der Waals surface area contributed by atoms with Crippen LogP contribution < -0.4 is 5.73 Å². The van der Waals surface area contributed by atoms with Crippen LogP contribution in [0.25, 0.3) is 0 Å². The Morgan fingerprint density at radius 3 is 1.81 bits per heavy atom. The van der Waals surface area contributed by atoms with Gasteiger partial charge in [0.15, 0.2) is 0 Å². The fraction of sp³-hybridized carbons (Fsp3) is 0.182. The minimum Gasteiger partial charge on any atom is -0.480 e. The Morgan fingerprint density at radius 2 is 1.62 bits per heavy atom. The summed E-state index contributed by atoms with van der Waals surface area (Å²) in [5, 5.41) is 7.60. The van der Waals surface area contributed by atoms with Crippen LogP contribution in [0.4, 0.5) is 8.78 Å². The van der Waals surface area contributed by atoms with Crippen molar-refractivity contribution in [1.82, 2.24) is 0 Å². The number of rotatable bonds is 1. The van der Waals surface area contributed by atoms with Crippen molar-refractivity contribution in [3.8, 4) is 12.8 Å². The largest absolute Gasteiger partial charge is 0.480 e. The van der Waals surface area contributed by atoms with Gasteiger partial charge in [0.05, 0.1) is 6.54 Å². The lowest BCUT2D eigenvalue weighted by molar-refractivity contribution is -0.135. The number of carboxylic acids is 1. The first kappa shape index (κ1) is 16.5. The molecule has 0 aromatic heterocycles. The van der Waals surface area contributed by atoms with Gasteiger partial charge in [-0.05, 0) is 24.6 Å². The highest BCUT2D eigenvalue weighted by Gasteiger charge is 1.93. The maximum Gasteiger partial charge on any atom is 0.317 e. The average molecular weight is 229 g/mol. The predicted molar refractivity (Wildman–Crippen MR) is 57.7 cm³/mol. The molecule has 0 aliphatic heterocycles. The van der Waals surface area contributed by atoms with Crippen molar-refractivity contribution in [2.24, 2.45) is 5.73 Å². The molecule has 1 aromatic carbocycles. The molecule has 5 heteroatoms. The molecule has 3 N–H and O–H groups in total. The van der Waals surface area contributed by atoms with Crippen LogP contribution in [0.1, 0.15) is 5.56 Å². The van der Waals surface area contributed by atoms with Gasteiger partial charge >= 0.3 is 5.97 Å². The zero-order valence-corrected chi connectivity index (χ0v) is 8.78. The molecule has 1 rings (SSSR count). The quantitative estimate of drug-likeness (QED) is 0.718. The fourth-order valence-electron chi connectivity index (χ4n) is 0.692. The summed E-state index contributed by atoms with van der Waals surface area (Å²) in [4.78, 5) is 9.24. The Balaban J connectivity index is 0. The summed E-state index contributed by atoms with van der Waals surface area (Å²) in [6.45, 7) is 1.37. The summed E-state index contributed by atoms with van der Waals surface area (Å²) in [5.74, 6) is -2.01. The first-order valence-corrected chi connectivity index (χ1v) is 4.13. The number of carboxylic acid groups (broad SMARTS) is 1. The molecule has 0 aliphatic rings. The standard InChI is InChI=1S/C7H6F2.C2H5NO2.C2H2/c1-5-2-6(8)4-7(9)3-5;3-1-2(4)5;1-2/h2-4H,1H3;1,3H2,(H,4,5);1-2H. The van der Waals surface area contributed by atoms with Crippen LogP contribution in [0.5, 0.6) is 0 Å². The first-order valence-electron chi connectivity index (χ1n) is 4.13. The Bertz CT molecular complexity index is 301. The van der Waals surface area contributed by atoms with Crippen molar-refractivity contribution >= 4 is 5.97 Å². The van der Waals surface area contributed by atoms with Crippen molar-refractivity contribution < 1.29 is 18.7 Å². The molecule has 0 fully saturated rings. The molecular formula is C11H13F2NO2. The minimum absolute atomic E-state index is 0.278. The Morgan fingerprint density at radius 1 is 1.31 bits per heavy atom. The number of halogens is 2. The van der Waals surface area contributed by atoms with Gasteiger partial charge in [-0.15, -0.1) is 12.8 Å². The molecule has 0 unspecified atom stereocenters. The van der Waals surface area contributed by atoms with Gasteiger partial charge in [0.25, 0.3) is 0 Å². The maximum absolute atomic E-state index is 12.2. The number of hydrogen-bond acceptors (Lipinski definition) is 2. The van der Waals surface area contributed by atoms with E-state index in [0.717, 1.165) is 6.07 Å². The molecular weight excluding hydrogens is 216 g/mol. The molecule has 0 saturated carbocycles. The molecule has 0 atom stereocenters. The van der Waals surface area contributed by atoms with E-state index in [0.29, 0.717) is 5.56 Å². The molecule has 0 radical (unpaired) electrons. The second kappa shape index (κ2) is 9.62. The lowest BCUT2D eigenvalue weighted by atomic mass is 10.2. The van der Waals surface area contributed by atoms with E-state index < -0.39 is 17.6 Å². The second-order valence-electron chi connectivity index (χ2n) is 2.54. The molecule has 0 aliphatic carbocycles. The molecule has 0 amide bonds. The minimum atomic E-state index is -0.968. The highest BCUT2D eigenvalue weighted by molar-refractivity contribution is 5.68. The van der Waals surface area contributed by atoms with Crippen LogP contribution in [0.2, 0.25) is 0 Å². The summed E-state index contributed by atoms with van der Waals surface area (Å²) in [6, 6.07) is 3.42. The fourth-order valence-corrected chi connectivity index (χ4v) is 0.692.